The standard InChI is InChI=1S/C11H15ClN4O/c1-7-5-14-10(12)15-8(7)16-4-3-11(2,6-16)9(13)17/h5H,3-4,6H2,1-2H3,(H2,13,17). The third kappa shape index (κ3) is 2.20. The number of hydrogen-bond acceptors (Lipinski definition) is 4. The monoisotopic (exact) mass is 254 g/mol. The van der Waals surface area contributed by atoms with Gasteiger partial charge < -0.3 is 10.6 Å². The zero-order chi connectivity index (χ0) is 12.6. The number of rotatable bonds is 2. The molecule has 17 heavy (non-hydrogen) atoms. The second kappa shape index (κ2) is 4.14. The first-order chi connectivity index (χ1) is 7.92. The molecule has 1 unspecified atom stereocenters. The second-order valence-electron chi connectivity index (χ2n) is 4.74. The van der Waals surface area contributed by atoms with Gasteiger partial charge in [0.2, 0.25) is 11.2 Å². The number of carbonyl (C=O) groups is 1. The largest absolute Gasteiger partial charge is 0.369 e. The van der Waals surface area contributed by atoms with E-state index in [0.717, 1.165) is 24.3 Å². The predicted molar refractivity (Wildman–Crippen MR) is 65.9 cm³/mol. The maximum atomic E-state index is 11.4. The van der Waals surface area contributed by atoms with Gasteiger partial charge in [-0.05, 0) is 31.9 Å². The van der Waals surface area contributed by atoms with Crippen molar-refractivity contribution in [2.75, 3.05) is 18.0 Å². The first-order valence-electron chi connectivity index (χ1n) is 5.46. The third-order valence-corrected chi connectivity index (χ3v) is 3.47. The van der Waals surface area contributed by atoms with Crippen molar-refractivity contribution in [2.24, 2.45) is 11.1 Å². The SMILES string of the molecule is Cc1cnc(Cl)nc1N1CCC(C)(C(N)=O)C1. The highest BCUT2D eigenvalue weighted by molar-refractivity contribution is 6.28. The average Bonchev–Trinajstić information content (AvgIpc) is 2.66. The van der Waals surface area contributed by atoms with Crippen molar-refractivity contribution in [1.82, 2.24) is 9.97 Å². The topological polar surface area (TPSA) is 72.1 Å². The Balaban J connectivity index is 2.26. The fraction of sp³-hybridized carbons (Fsp3) is 0.545. The molecule has 0 radical (unpaired) electrons. The molecule has 1 amide bonds. The molecule has 0 aliphatic carbocycles. The molecule has 1 saturated heterocycles. The number of aromatic nitrogens is 2. The van der Waals surface area contributed by atoms with Crippen molar-refractivity contribution in [3.63, 3.8) is 0 Å². The van der Waals surface area contributed by atoms with E-state index < -0.39 is 5.41 Å². The van der Waals surface area contributed by atoms with Crippen molar-refractivity contribution in [2.45, 2.75) is 20.3 Å². The van der Waals surface area contributed by atoms with Gasteiger partial charge in [0.25, 0.3) is 0 Å². The summed E-state index contributed by atoms with van der Waals surface area (Å²) in [5.41, 5.74) is 5.88. The number of aryl methyl sites for hydroxylation is 1. The van der Waals surface area contributed by atoms with Crippen molar-refractivity contribution < 1.29 is 4.79 Å². The molecule has 1 aliphatic heterocycles. The van der Waals surface area contributed by atoms with Crippen LogP contribution in [0.2, 0.25) is 5.28 Å². The van der Waals surface area contributed by atoms with Crippen LogP contribution in [0.25, 0.3) is 0 Å². The molecule has 1 atom stereocenters. The van der Waals surface area contributed by atoms with E-state index in [4.69, 9.17) is 17.3 Å². The van der Waals surface area contributed by atoms with Gasteiger partial charge in [-0.2, -0.15) is 0 Å². The second-order valence-corrected chi connectivity index (χ2v) is 5.08. The Hall–Kier alpha value is -1.36. The van der Waals surface area contributed by atoms with Crippen LogP contribution in [0.5, 0.6) is 0 Å². The van der Waals surface area contributed by atoms with Crippen LogP contribution in [0, 0.1) is 12.3 Å². The summed E-state index contributed by atoms with van der Waals surface area (Å²) >= 11 is 5.79. The van der Waals surface area contributed by atoms with Crippen molar-refractivity contribution >= 4 is 23.3 Å². The molecule has 1 aromatic rings. The van der Waals surface area contributed by atoms with E-state index >= 15 is 0 Å². The molecule has 1 fully saturated rings. The van der Waals surface area contributed by atoms with Crippen LogP contribution < -0.4 is 10.6 Å². The molecule has 2 rings (SSSR count). The van der Waals surface area contributed by atoms with Crippen LogP contribution in [0.3, 0.4) is 0 Å². The molecule has 2 heterocycles. The summed E-state index contributed by atoms with van der Waals surface area (Å²) in [6, 6.07) is 0. The molecule has 0 aromatic carbocycles. The summed E-state index contributed by atoms with van der Waals surface area (Å²) in [4.78, 5) is 21.6. The minimum Gasteiger partial charge on any atom is -0.369 e. The Bertz CT molecular complexity index is 465. The number of amides is 1. The summed E-state index contributed by atoms with van der Waals surface area (Å²) in [6.45, 7) is 5.14. The minimum atomic E-state index is -0.482. The zero-order valence-electron chi connectivity index (χ0n) is 9.90. The van der Waals surface area contributed by atoms with Gasteiger partial charge in [0.1, 0.15) is 5.82 Å². The smallest absolute Gasteiger partial charge is 0.225 e. The normalized spacial score (nSPS) is 24.1. The highest BCUT2D eigenvalue weighted by atomic mass is 35.5. The molecule has 2 N–H and O–H groups in total. The van der Waals surface area contributed by atoms with E-state index in [1.54, 1.807) is 6.20 Å². The quantitative estimate of drug-likeness (QED) is 0.804. The molecule has 0 spiro atoms. The first kappa shape index (κ1) is 12.1. The van der Waals surface area contributed by atoms with E-state index in [9.17, 15) is 4.79 Å². The summed E-state index contributed by atoms with van der Waals surface area (Å²) < 4.78 is 0. The summed E-state index contributed by atoms with van der Waals surface area (Å²) in [5, 5.41) is 0.221. The van der Waals surface area contributed by atoms with Gasteiger partial charge in [0, 0.05) is 24.8 Å². The predicted octanol–water partition coefficient (Wildman–Crippen LogP) is 1.14. The number of hydrogen-bond donors (Lipinski definition) is 1. The van der Waals surface area contributed by atoms with E-state index in [1.165, 1.54) is 0 Å². The number of nitrogens with zero attached hydrogens (tertiary/aromatic N) is 3. The van der Waals surface area contributed by atoms with Crippen LogP contribution >= 0.6 is 11.6 Å². The lowest BCUT2D eigenvalue weighted by molar-refractivity contribution is -0.125. The van der Waals surface area contributed by atoms with Crippen molar-refractivity contribution in [3.05, 3.63) is 17.0 Å². The zero-order valence-corrected chi connectivity index (χ0v) is 10.7. The van der Waals surface area contributed by atoms with Crippen LogP contribution in [-0.2, 0) is 4.79 Å². The van der Waals surface area contributed by atoms with E-state index in [2.05, 4.69) is 9.97 Å². The molecular formula is C11H15ClN4O. The van der Waals surface area contributed by atoms with Gasteiger partial charge in [0.15, 0.2) is 0 Å². The molecule has 92 valence electrons. The summed E-state index contributed by atoms with van der Waals surface area (Å²) in [6.07, 6.45) is 2.42. The summed E-state index contributed by atoms with van der Waals surface area (Å²) in [7, 11) is 0. The lowest BCUT2D eigenvalue weighted by atomic mass is 9.89. The summed E-state index contributed by atoms with van der Waals surface area (Å²) in [5.74, 6) is 0.521. The average molecular weight is 255 g/mol. The maximum Gasteiger partial charge on any atom is 0.225 e. The molecule has 0 bridgehead atoms. The molecule has 6 heteroatoms. The van der Waals surface area contributed by atoms with Gasteiger partial charge in [-0.3, -0.25) is 4.79 Å². The highest BCUT2D eigenvalue weighted by Crippen LogP contribution is 2.33. The number of primary amides is 1. The fourth-order valence-electron chi connectivity index (χ4n) is 2.08. The first-order valence-corrected chi connectivity index (χ1v) is 5.84. The lowest BCUT2D eigenvalue weighted by Crippen LogP contribution is -2.37. The molecule has 1 aliphatic rings. The molecule has 5 nitrogen and oxygen atoms in total. The molecular weight excluding hydrogens is 240 g/mol. The van der Waals surface area contributed by atoms with Gasteiger partial charge in [-0.25, -0.2) is 9.97 Å². The highest BCUT2D eigenvalue weighted by Gasteiger charge is 2.39. The van der Waals surface area contributed by atoms with Crippen LogP contribution in [0.1, 0.15) is 18.9 Å². The Morgan fingerprint density at radius 1 is 1.65 bits per heavy atom. The van der Waals surface area contributed by atoms with Crippen LogP contribution in [0.4, 0.5) is 5.82 Å². The van der Waals surface area contributed by atoms with Gasteiger partial charge in [-0.1, -0.05) is 0 Å². The molecule has 0 saturated carbocycles. The van der Waals surface area contributed by atoms with Crippen molar-refractivity contribution in [1.29, 1.82) is 0 Å². The lowest BCUT2D eigenvalue weighted by Gasteiger charge is -2.22. The fourth-order valence-corrected chi connectivity index (χ4v) is 2.20. The number of anilines is 1. The minimum absolute atomic E-state index is 0.221. The Kier molecular flexibility index (Phi) is 2.95. The van der Waals surface area contributed by atoms with E-state index in [0.29, 0.717) is 6.54 Å². The maximum absolute atomic E-state index is 11.4. The van der Waals surface area contributed by atoms with E-state index in [-0.39, 0.29) is 11.2 Å². The number of halogens is 1. The van der Waals surface area contributed by atoms with Gasteiger partial charge >= 0.3 is 0 Å². The third-order valence-electron chi connectivity index (χ3n) is 3.28. The van der Waals surface area contributed by atoms with E-state index in [1.807, 2.05) is 18.7 Å². The Labute approximate surface area is 105 Å². The Morgan fingerprint density at radius 2 is 2.35 bits per heavy atom. The number of carbonyl (C=O) groups excluding carboxylic acids is 1. The number of nitrogens with two attached hydrogens (primary N) is 1. The van der Waals surface area contributed by atoms with Gasteiger partial charge in [0.05, 0.1) is 5.41 Å². The molecule has 1 aromatic heterocycles. The van der Waals surface area contributed by atoms with Crippen LogP contribution in [-0.4, -0.2) is 29.0 Å². The Morgan fingerprint density at radius 3 is 2.94 bits per heavy atom. The van der Waals surface area contributed by atoms with Crippen LogP contribution in [0.15, 0.2) is 6.20 Å². The van der Waals surface area contributed by atoms with Crippen molar-refractivity contribution in [3.8, 4) is 0 Å². The van der Waals surface area contributed by atoms with Gasteiger partial charge in [-0.15, -0.1) is 0 Å².